The number of carbonyl (C=O) groups excluding carboxylic acids is 1. The molecule has 1 atom stereocenters. The van der Waals surface area contributed by atoms with E-state index in [1.54, 1.807) is 18.2 Å². The number of nitrogens with one attached hydrogen (secondary N) is 1. The lowest BCUT2D eigenvalue weighted by Gasteiger charge is -2.18. The second-order valence-corrected chi connectivity index (χ2v) is 8.75. The van der Waals surface area contributed by atoms with Crippen LogP contribution in [-0.4, -0.2) is 43.5 Å². The largest absolute Gasteiger partial charge is 0.493 e. The number of alkyl carbamates (subject to hydrolysis) is 1. The molecule has 7 heteroatoms. The molecule has 0 saturated carbocycles. The van der Waals surface area contributed by atoms with E-state index in [2.05, 4.69) is 24.4 Å². The highest BCUT2D eigenvalue weighted by Crippen LogP contribution is 2.44. The van der Waals surface area contributed by atoms with E-state index in [9.17, 15) is 14.7 Å². The van der Waals surface area contributed by atoms with Crippen LogP contribution in [0.3, 0.4) is 0 Å². The zero-order valence-electron chi connectivity index (χ0n) is 20.5. The summed E-state index contributed by atoms with van der Waals surface area (Å²) < 4.78 is 16.7. The number of unbranched alkanes of at least 4 members (excludes halogenated alkanes) is 1. The smallest absolute Gasteiger partial charge is 0.407 e. The molecule has 3 aromatic rings. The molecule has 1 amide bonds. The van der Waals surface area contributed by atoms with E-state index in [-0.39, 0.29) is 18.9 Å². The second kappa shape index (κ2) is 11.6. The van der Waals surface area contributed by atoms with Gasteiger partial charge in [-0.3, -0.25) is 0 Å². The van der Waals surface area contributed by atoms with Crippen LogP contribution < -0.4 is 14.8 Å². The summed E-state index contributed by atoms with van der Waals surface area (Å²) in [7, 11) is 1.54. The number of aliphatic carboxylic acids is 1. The Balaban J connectivity index is 1.39. The number of rotatable bonds is 11. The molecule has 1 aliphatic carbocycles. The molecule has 36 heavy (non-hydrogen) atoms. The molecule has 0 saturated heterocycles. The number of hydrogen-bond acceptors (Lipinski definition) is 5. The summed E-state index contributed by atoms with van der Waals surface area (Å²) in [5.74, 6) is -0.123. The first-order valence-corrected chi connectivity index (χ1v) is 12.2. The summed E-state index contributed by atoms with van der Waals surface area (Å²) in [5.41, 5.74) is 5.13. The van der Waals surface area contributed by atoms with E-state index >= 15 is 0 Å². The van der Waals surface area contributed by atoms with Gasteiger partial charge in [-0.15, -0.1) is 0 Å². The van der Waals surface area contributed by atoms with Gasteiger partial charge in [0, 0.05) is 12.3 Å². The maximum atomic E-state index is 12.6. The van der Waals surface area contributed by atoms with Gasteiger partial charge in [-0.25, -0.2) is 9.59 Å². The highest BCUT2D eigenvalue weighted by Gasteiger charge is 2.30. The summed E-state index contributed by atoms with van der Waals surface area (Å²) in [6, 6.07) is 20.2. The van der Waals surface area contributed by atoms with Gasteiger partial charge in [-0.1, -0.05) is 67.9 Å². The van der Waals surface area contributed by atoms with Gasteiger partial charge >= 0.3 is 12.1 Å². The van der Waals surface area contributed by atoms with Crippen molar-refractivity contribution in [2.24, 2.45) is 0 Å². The van der Waals surface area contributed by atoms with Crippen molar-refractivity contribution in [3.05, 3.63) is 83.4 Å². The van der Waals surface area contributed by atoms with Crippen LogP contribution >= 0.6 is 0 Å². The van der Waals surface area contributed by atoms with Crippen LogP contribution in [0.25, 0.3) is 11.1 Å². The Labute approximate surface area is 211 Å². The number of carboxylic acid groups (broad SMARTS) is 1. The lowest BCUT2D eigenvalue weighted by molar-refractivity contribution is -0.139. The van der Waals surface area contributed by atoms with Gasteiger partial charge < -0.3 is 24.6 Å². The minimum atomic E-state index is -1.16. The molecule has 4 rings (SSSR count). The number of carboxylic acids is 1. The third kappa shape index (κ3) is 5.62. The maximum absolute atomic E-state index is 12.6. The minimum absolute atomic E-state index is 0.0745. The number of fused-ring (bicyclic) bond motifs is 3. The average Bonchev–Trinajstić information content (AvgIpc) is 3.21. The average molecular weight is 490 g/mol. The van der Waals surface area contributed by atoms with Crippen molar-refractivity contribution in [2.75, 3.05) is 20.3 Å². The molecule has 0 aliphatic heterocycles. The molecule has 1 aliphatic rings. The molecular formula is C29H31NO6. The molecule has 0 bridgehead atoms. The Morgan fingerprint density at radius 3 is 2.25 bits per heavy atom. The van der Waals surface area contributed by atoms with Crippen LogP contribution in [-0.2, 0) is 16.0 Å². The monoisotopic (exact) mass is 489 g/mol. The summed E-state index contributed by atoms with van der Waals surface area (Å²) >= 11 is 0. The van der Waals surface area contributed by atoms with Crippen LogP contribution in [0.15, 0.2) is 66.7 Å². The predicted molar refractivity (Wildman–Crippen MR) is 137 cm³/mol. The quantitative estimate of drug-likeness (QED) is 0.350. The van der Waals surface area contributed by atoms with E-state index in [1.807, 2.05) is 36.4 Å². The second-order valence-electron chi connectivity index (χ2n) is 8.75. The molecule has 2 N–H and O–H groups in total. The van der Waals surface area contributed by atoms with E-state index in [0.717, 1.165) is 35.1 Å². The van der Waals surface area contributed by atoms with Crippen molar-refractivity contribution in [3.8, 4) is 22.6 Å². The molecule has 0 aromatic heterocycles. The van der Waals surface area contributed by atoms with Crippen LogP contribution in [0.5, 0.6) is 11.5 Å². The van der Waals surface area contributed by atoms with Crippen molar-refractivity contribution < 1.29 is 28.9 Å². The topological polar surface area (TPSA) is 94.1 Å². The molecular weight excluding hydrogens is 458 g/mol. The molecule has 0 spiro atoms. The van der Waals surface area contributed by atoms with Gasteiger partial charge in [0.15, 0.2) is 11.5 Å². The third-order valence-corrected chi connectivity index (χ3v) is 6.36. The number of hydrogen-bond donors (Lipinski definition) is 2. The standard InChI is InChI=1S/C29H31NO6/c1-3-4-15-35-26-14-13-19(17-27(26)34-2)16-25(28(31)32)30-29(33)36-18-24-22-11-7-5-9-20(22)21-10-6-8-12-23(21)24/h5-14,17,24-25H,3-4,15-16,18H2,1-2H3,(H,30,33)(H,31,32). The molecule has 0 radical (unpaired) electrons. The van der Waals surface area contributed by atoms with E-state index in [0.29, 0.717) is 23.7 Å². The van der Waals surface area contributed by atoms with Crippen LogP contribution in [0, 0.1) is 0 Å². The first-order valence-electron chi connectivity index (χ1n) is 12.2. The maximum Gasteiger partial charge on any atom is 0.407 e. The fourth-order valence-electron chi connectivity index (χ4n) is 4.50. The number of amides is 1. The van der Waals surface area contributed by atoms with Crippen molar-refractivity contribution in [3.63, 3.8) is 0 Å². The van der Waals surface area contributed by atoms with E-state index in [1.165, 1.54) is 7.11 Å². The van der Waals surface area contributed by atoms with Crippen molar-refractivity contribution in [1.29, 1.82) is 0 Å². The number of methoxy groups -OCH3 is 1. The zero-order chi connectivity index (χ0) is 25.5. The lowest BCUT2D eigenvalue weighted by Crippen LogP contribution is -2.42. The van der Waals surface area contributed by atoms with Crippen molar-refractivity contribution >= 4 is 12.1 Å². The zero-order valence-corrected chi connectivity index (χ0v) is 20.5. The first-order chi connectivity index (χ1) is 17.5. The molecule has 0 heterocycles. The SMILES string of the molecule is CCCCOc1ccc(CC(NC(=O)OCC2c3ccccc3-c3ccccc32)C(=O)O)cc1OC. The normalized spacial score (nSPS) is 12.8. The molecule has 188 valence electrons. The molecule has 0 fully saturated rings. The Morgan fingerprint density at radius 2 is 1.64 bits per heavy atom. The Kier molecular flexibility index (Phi) is 8.10. The van der Waals surface area contributed by atoms with Crippen molar-refractivity contribution in [2.45, 2.75) is 38.1 Å². The Hall–Kier alpha value is -4.00. The van der Waals surface area contributed by atoms with Gasteiger partial charge in [-0.2, -0.15) is 0 Å². The number of carbonyl (C=O) groups is 2. The fraction of sp³-hybridized carbons (Fsp3) is 0.310. The van der Waals surface area contributed by atoms with Gasteiger partial charge in [0.2, 0.25) is 0 Å². The van der Waals surface area contributed by atoms with Crippen LogP contribution in [0.2, 0.25) is 0 Å². The summed E-state index contributed by atoms with van der Waals surface area (Å²) in [6.07, 6.45) is 1.25. The van der Waals surface area contributed by atoms with Crippen molar-refractivity contribution in [1.82, 2.24) is 5.32 Å². The number of ether oxygens (including phenoxy) is 3. The third-order valence-electron chi connectivity index (χ3n) is 6.36. The van der Waals surface area contributed by atoms with E-state index < -0.39 is 18.1 Å². The summed E-state index contributed by atoms with van der Waals surface area (Å²) in [5, 5.41) is 12.2. The first kappa shape index (κ1) is 25.1. The van der Waals surface area contributed by atoms with E-state index in [4.69, 9.17) is 14.2 Å². The highest BCUT2D eigenvalue weighted by atomic mass is 16.5. The van der Waals surface area contributed by atoms with Crippen LogP contribution in [0.4, 0.5) is 4.79 Å². The van der Waals surface area contributed by atoms with Gasteiger partial charge in [0.05, 0.1) is 13.7 Å². The fourth-order valence-corrected chi connectivity index (χ4v) is 4.50. The Morgan fingerprint density at radius 1 is 0.972 bits per heavy atom. The predicted octanol–water partition coefficient (Wildman–Crippen LogP) is 5.41. The van der Waals surface area contributed by atoms with Gasteiger partial charge in [0.25, 0.3) is 0 Å². The molecule has 3 aromatic carbocycles. The molecule has 7 nitrogen and oxygen atoms in total. The number of benzene rings is 3. The highest BCUT2D eigenvalue weighted by molar-refractivity contribution is 5.81. The van der Waals surface area contributed by atoms with Crippen LogP contribution in [0.1, 0.15) is 42.4 Å². The van der Waals surface area contributed by atoms with Gasteiger partial charge in [0.1, 0.15) is 12.6 Å². The minimum Gasteiger partial charge on any atom is -0.493 e. The Bertz CT molecular complexity index is 1180. The summed E-state index contributed by atoms with van der Waals surface area (Å²) in [6.45, 7) is 2.77. The molecule has 1 unspecified atom stereocenters. The lowest BCUT2D eigenvalue weighted by atomic mass is 9.98. The van der Waals surface area contributed by atoms with Gasteiger partial charge in [-0.05, 0) is 46.4 Å². The summed E-state index contributed by atoms with van der Waals surface area (Å²) in [4.78, 5) is 24.5.